The number of methoxy groups -OCH3 is 2. The molecule has 2 N–H and O–H groups in total. The summed E-state index contributed by atoms with van der Waals surface area (Å²) in [6, 6.07) is 16.6. The number of ether oxygens (including phenoxy) is 2. The second kappa shape index (κ2) is 13.4. The Balaban J connectivity index is 0.00000341. The molecule has 0 radical (unpaired) electrons. The molecule has 1 aliphatic rings. The van der Waals surface area contributed by atoms with Crippen LogP contribution >= 0.6 is 24.0 Å². The van der Waals surface area contributed by atoms with E-state index >= 15 is 0 Å². The normalized spacial score (nSPS) is 16.5. The summed E-state index contributed by atoms with van der Waals surface area (Å²) in [7, 11) is 5.14. The molecule has 7 heteroatoms. The van der Waals surface area contributed by atoms with Gasteiger partial charge in [0.15, 0.2) is 5.96 Å². The smallest absolute Gasteiger partial charge is 0.191 e. The van der Waals surface area contributed by atoms with Gasteiger partial charge in [0, 0.05) is 44.9 Å². The molecule has 0 aliphatic carbocycles. The third kappa shape index (κ3) is 7.88. The molecule has 1 aliphatic heterocycles. The largest absolute Gasteiger partial charge is 0.497 e. The van der Waals surface area contributed by atoms with Crippen LogP contribution in [0.2, 0.25) is 0 Å². The van der Waals surface area contributed by atoms with Crippen molar-refractivity contribution in [3.63, 3.8) is 0 Å². The molecule has 1 fully saturated rings. The van der Waals surface area contributed by atoms with Crippen molar-refractivity contribution < 1.29 is 9.47 Å². The first-order chi connectivity index (χ1) is 14.7. The number of guanidine groups is 1. The van der Waals surface area contributed by atoms with Crippen molar-refractivity contribution in [1.29, 1.82) is 0 Å². The van der Waals surface area contributed by atoms with Crippen molar-refractivity contribution in [1.82, 2.24) is 15.5 Å². The molecule has 2 aromatic rings. The van der Waals surface area contributed by atoms with Gasteiger partial charge < -0.3 is 25.0 Å². The Kier molecular flexibility index (Phi) is 10.9. The summed E-state index contributed by atoms with van der Waals surface area (Å²) >= 11 is 0. The molecule has 0 bridgehead atoms. The maximum Gasteiger partial charge on any atom is 0.191 e. The summed E-state index contributed by atoms with van der Waals surface area (Å²) in [6.07, 6.45) is 2.35. The van der Waals surface area contributed by atoms with Crippen LogP contribution in [0.3, 0.4) is 0 Å². The van der Waals surface area contributed by atoms with Crippen molar-refractivity contribution in [3.05, 3.63) is 59.7 Å². The second-order valence-corrected chi connectivity index (χ2v) is 7.68. The molecule has 170 valence electrons. The average molecular weight is 538 g/mol. The molecule has 0 saturated carbocycles. The van der Waals surface area contributed by atoms with Gasteiger partial charge in [-0.3, -0.25) is 4.99 Å². The fourth-order valence-corrected chi connectivity index (χ4v) is 3.85. The summed E-state index contributed by atoms with van der Waals surface area (Å²) in [5.41, 5.74) is 2.48. The monoisotopic (exact) mass is 538 g/mol. The van der Waals surface area contributed by atoms with Gasteiger partial charge in [-0.05, 0) is 43.0 Å². The first-order valence-corrected chi connectivity index (χ1v) is 10.6. The highest BCUT2D eigenvalue weighted by atomic mass is 127. The minimum absolute atomic E-state index is 0. The lowest BCUT2D eigenvalue weighted by atomic mass is 10.1. The molecule has 3 rings (SSSR count). The average Bonchev–Trinajstić information content (AvgIpc) is 3.26. The van der Waals surface area contributed by atoms with Crippen LogP contribution in [-0.2, 0) is 13.0 Å². The molecular formula is C24H35IN4O2. The topological polar surface area (TPSA) is 58.1 Å². The first kappa shape index (κ1) is 25.3. The number of aliphatic imine (C=N–C) groups is 1. The van der Waals surface area contributed by atoms with Gasteiger partial charge in [0.2, 0.25) is 0 Å². The van der Waals surface area contributed by atoms with E-state index in [1.807, 2.05) is 18.2 Å². The highest BCUT2D eigenvalue weighted by Gasteiger charge is 2.22. The first-order valence-electron chi connectivity index (χ1n) is 10.6. The molecule has 1 saturated heterocycles. The van der Waals surface area contributed by atoms with E-state index in [1.54, 1.807) is 21.3 Å². The van der Waals surface area contributed by atoms with Crippen LogP contribution in [0.25, 0.3) is 0 Å². The highest BCUT2D eigenvalue weighted by Crippen LogP contribution is 2.24. The number of likely N-dealkylation sites (tertiary alicyclic amines) is 1. The quantitative estimate of drug-likeness (QED) is 0.291. The molecule has 0 aromatic heterocycles. The zero-order valence-corrected chi connectivity index (χ0v) is 21.1. The second-order valence-electron chi connectivity index (χ2n) is 7.68. The van der Waals surface area contributed by atoms with Gasteiger partial charge in [-0.1, -0.05) is 30.3 Å². The van der Waals surface area contributed by atoms with E-state index in [9.17, 15) is 0 Å². The Morgan fingerprint density at radius 1 is 1.10 bits per heavy atom. The van der Waals surface area contributed by atoms with E-state index in [2.05, 4.69) is 50.9 Å². The number of rotatable bonds is 9. The van der Waals surface area contributed by atoms with Crippen LogP contribution in [0.1, 0.15) is 17.5 Å². The molecule has 1 atom stereocenters. The predicted molar refractivity (Wildman–Crippen MR) is 138 cm³/mol. The zero-order valence-electron chi connectivity index (χ0n) is 18.8. The summed E-state index contributed by atoms with van der Waals surface area (Å²) in [5.74, 6) is 3.06. The Hall–Kier alpha value is -2.00. The predicted octanol–water partition coefficient (Wildman–Crippen LogP) is 3.55. The van der Waals surface area contributed by atoms with Crippen molar-refractivity contribution in [2.75, 3.05) is 47.4 Å². The van der Waals surface area contributed by atoms with E-state index in [4.69, 9.17) is 9.47 Å². The van der Waals surface area contributed by atoms with Crippen LogP contribution in [0, 0.1) is 5.92 Å². The van der Waals surface area contributed by atoms with Crippen molar-refractivity contribution >= 4 is 29.9 Å². The Morgan fingerprint density at radius 2 is 1.90 bits per heavy atom. The van der Waals surface area contributed by atoms with Gasteiger partial charge in [-0.15, -0.1) is 24.0 Å². The van der Waals surface area contributed by atoms with E-state index < -0.39 is 0 Å². The maximum absolute atomic E-state index is 5.48. The van der Waals surface area contributed by atoms with E-state index in [0.29, 0.717) is 12.5 Å². The van der Waals surface area contributed by atoms with E-state index in [0.717, 1.165) is 49.1 Å². The van der Waals surface area contributed by atoms with Gasteiger partial charge in [0.05, 0.1) is 14.2 Å². The van der Waals surface area contributed by atoms with E-state index in [-0.39, 0.29) is 24.0 Å². The minimum Gasteiger partial charge on any atom is -0.497 e. The number of nitrogens with one attached hydrogen (secondary N) is 2. The van der Waals surface area contributed by atoms with Crippen LogP contribution in [0.15, 0.2) is 53.5 Å². The molecule has 0 spiro atoms. The highest BCUT2D eigenvalue weighted by molar-refractivity contribution is 14.0. The van der Waals surface area contributed by atoms with Crippen LogP contribution < -0.4 is 20.1 Å². The Morgan fingerprint density at radius 3 is 2.61 bits per heavy atom. The zero-order chi connectivity index (χ0) is 21.2. The third-order valence-electron chi connectivity index (χ3n) is 5.65. The molecule has 31 heavy (non-hydrogen) atoms. The van der Waals surface area contributed by atoms with Crippen molar-refractivity contribution in [2.24, 2.45) is 10.9 Å². The summed E-state index contributed by atoms with van der Waals surface area (Å²) in [4.78, 5) is 6.93. The molecule has 6 nitrogen and oxygen atoms in total. The van der Waals surface area contributed by atoms with Gasteiger partial charge in [0.1, 0.15) is 11.5 Å². The van der Waals surface area contributed by atoms with Crippen LogP contribution in [0.4, 0.5) is 0 Å². The maximum atomic E-state index is 5.48. The summed E-state index contributed by atoms with van der Waals surface area (Å²) in [6.45, 7) is 5.02. The number of nitrogens with zero attached hydrogens (tertiary/aromatic N) is 2. The number of hydrogen-bond acceptors (Lipinski definition) is 4. The van der Waals surface area contributed by atoms with Crippen LogP contribution in [0.5, 0.6) is 11.5 Å². The SMILES string of the molecule is CN=C(NCc1ccc(OC)cc1OC)NCC1CCN(CCc2ccccc2)C1.I. The number of hydrogen-bond donors (Lipinski definition) is 2. The lowest BCUT2D eigenvalue weighted by Crippen LogP contribution is -2.40. The standard InChI is InChI=1S/C24H34N4O2.HI/c1-25-24(27-17-21-9-10-22(29-2)15-23(21)30-3)26-16-20-12-14-28(18-20)13-11-19-7-5-4-6-8-19;/h4-10,15,20H,11-14,16-18H2,1-3H3,(H2,25,26,27);1H. The van der Waals surface area contributed by atoms with Crippen LogP contribution in [-0.4, -0.2) is 58.3 Å². The number of benzene rings is 2. The Labute approximate surface area is 203 Å². The fraction of sp³-hybridized carbons (Fsp3) is 0.458. The Bertz CT molecular complexity index is 816. The van der Waals surface area contributed by atoms with Gasteiger partial charge >= 0.3 is 0 Å². The van der Waals surface area contributed by atoms with Crippen molar-refractivity contribution in [2.45, 2.75) is 19.4 Å². The lowest BCUT2D eigenvalue weighted by Gasteiger charge is -2.18. The third-order valence-corrected chi connectivity index (χ3v) is 5.65. The lowest BCUT2D eigenvalue weighted by molar-refractivity contribution is 0.328. The number of halogens is 1. The molecular weight excluding hydrogens is 503 g/mol. The van der Waals surface area contributed by atoms with Gasteiger partial charge in [0.25, 0.3) is 0 Å². The molecule has 1 unspecified atom stereocenters. The summed E-state index contributed by atoms with van der Waals surface area (Å²) in [5, 5.41) is 6.87. The van der Waals surface area contributed by atoms with Crippen molar-refractivity contribution in [3.8, 4) is 11.5 Å². The summed E-state index contributed by atoms with van der Waals surface area (Å²) < 4.78 is 10.7. The molecule has 2 aromatic carbocycles. The van der Waals surface area contributed by atoms with E-state index in [1.165, 1.54) is 18.5 Å². The molecule has 1 heterocycles. The molecule has 0 amide bonds. The van der Waals surface area contributed by atoms with Gasteiger partial charge in [-0.25, -0.2) is 0 Å². The fourth-order valence-electron chi connectivity index (χ4n) is 3.85. The van der Waals surface area contributed by atoms with Gasteiger partial charge in [-0.2, -0.15) is 0 Å². The minimum atomic E-state index is 0.